The highest BCUT2D eigenvalue weighted by Crippen LogP contribution is 2.25. The van der Waals surface area contributed by atoms with Crippen LogP contribution in [0, 0.1) is 0 Å². The predicted octanol–water partition coefficient (Wildman–Crippen LogP) is 5.11. The summed E-state index contributed by atoms with van der Waals surface area (Å²) in [5.41, 5.74) is 1.57. The molecule has 0 radical (unpaired) electrons. The maximum atomic E-state index is 12.9. The van der Waals surface area contributed by atoms with Gasteiger partial charge in [0.25, 0.3) is 0 Å². The van der Waals surface area contributed by atoms with Crippen LogP contribution in [0.5, 0.6) is 0 Å². The summed E-state index contributed by atoms with van der Waals surface area (Å²) in [6.45, 7) is 10.5. The van der Waals surface area contributed by atoms with Gasteiger partial charge in [0.2, 0.25) is 0 Å². The minimum absolute atomic E-state index is 0.146. The first-order valence-corrected chi connectivity index (χ1v) is 11.4. The summed E-state index contributed by atoms with van der Waals surface area (Å²) < 4.78 is 0. The lowest BCUT2D eigenvalue weighted by molar-refractivity contribution is 0.101. The van der Waals surface area contributed by atoms with Gasteiger partial charge < -0.3 is 0 Å². The van der Waals surface area contributed by atoms with Gasteiger partial charge >= 0.3 is 0 Å². The Morgan fingerprint density at radius 2 is 1.29 bits per heavy atom. The van der Waals surface area contributed by atoms with E-state index in [2.05, 4.69) is 26.2 Å². The molecule has 0 fully saturated rings. The number of Topliss-reactive ketones (excluding diaryl/α,β-unsaturated/α-hetero) is 1. The molecule has 24 heavy (non-hydrogen) atoms. The number of rotatable bonds is 6. The van der Waals surface area contributed by atoms with Crippen molar-refractivity contribution in [3.8, 4) is 0 Å². The molecule has 0 heterocycles. The molecule has 0 aliphatic carbocycles. The van der Waals surface area contributed by atoms with Crippen LogP contribution in [-0.2, 0) is 0 Å². The van der Waals surface area contributed by atoms with Crippen molar-refractivity contribution >= 4 is 19.6 Å². The SMILES string of the molecule is C=C(/C(=C/C(=O)c1ccccc1)C(=O)c1ccccc1)[Si](C)(C)C. The number of ketones is 2. The van der Waals surface area contributed by atoms with Gasteiger partial charge in [-0.2, -0.15) is 0 Å². The highest BCUT2D eigenvalue weighted by molar-refractivity contribution is 6.84. The Hall–Kier alpha value is -2.52. The molecule has 0 saturated heterocycles. The monoisotopic (exact) mass is 334 g/mol. The van der Waals surface area contributed by atoms with Crippen molar-refractivity contribution in [2.45, 2.75) is 19.6 Å². The second-order valence-electron chi connectivity index (χ2n) is 6.71. The zero-order chi connectivity index (χ0) is 17.7. The first-order chi connectivity index (χ1) is 11.3. The van der Waals surface area contributed by atoms with Crippen molar-refractivity contribution in [1.82, 2.24) is 0 Å². The molecule has 0 bridgehead atoms. The molecule has 3 heteroatoms. The van der Waals surface area contributed by atoms with E-state index in [4.69, 9.17) is 0 Å². The van der Waals surface area contributed by atoms with E-state index in [1.54, 1.807) is 24.3 Å². The molecule has 0 unspecified atom stereocenters. The van der Waals surface area contributed by atoms with Gasteiger partial charge in [-0.1, -0.05) is 92.1 Å². The molecule has 2 aromatic carbocycles. The van der Waals surface area contributed by atoms with Crippen LogP contribution in [0.2, 0.25) is 19.6 Å². The average Bonchev–Trinajstić information content (AvgIpc) is 2.59. The Bertz CT molecular complexity index is 782. The van der Waals surface area contributed by atoms with E-state index >= 15 is 0 Å². The molecule has 0 aromatic heterocycles. The molecule has 0 saturated carbocycles. The second-order valence-corrected chi connectivity index (χ2v) is 11.8. The van der Waals surface area contributed by atoms with Crippen molar-refractivity contribution < 1.29 is 9.59 Å². The van der Waals surface area contributed by atoms with E-state index < -0.39 is 8.07 Å². The van der Waals surface area contributed by atoms with Gasteiger partial charge in [-0.05, 0) is 6.08 Å². The maximum Gasteiger partial charge on any atom is 0.193 e. The molecule has 0 aliphatic rings. The largest absolute Gasteiger partial charge is 0.289 e. The Labute approximate surface area is 144 Å². The molecule has 2 aromatic rings. The van der Waals surface area contributed by atoms with Crippen molar-refractivity contribution in [2.75, 3.05) is 0 Å². The molecule has 0 atom stereocenters. The average molecular weight is 334 g/mol. The Balaban J connectivity index is 2.48. The fraction of sp³-hybridized carbons (Fsp3) is 0.143. The van der Waals surface area contributed by atoms with Crippen LogP contribution in [0.3, 0.4) is 0 Å². The lowest BCUT2D eigenvalue weighted by atomic mass is 10.00. The van der Waals surface area contributed by atoms with Crippen LogP contribution in [0.15, 0.2) is 84.1 Å². The highest BCUT2D eigenvalue weighted by Gasteiger charge is 2.26. The molecule has 2 rings (SSSR count). The van der Waals surface area contributed by atoms with Gasteiger partial charge in [-0.3, -0.25) is 9.59 Å². The van der Waals surface area contributed by atoms with Crippen molar-refractivity contribution in [1.29, 1.82) is 0 Å². The quantitative estimate of drug-likeness (QED) is 0.318. The van der Waals surface area contributed by atoms with Crippen LogP contribution in [0.1, 0.15) is 20.7 Å². The minimum Gasteiger partial charge on any atom is -0.289 e. The molecular formula is C21H22O2Si. The highest BCUT2D eigenvalue weighted by atomic mass is 28.3. The summed E-state index contributed by atoms with van der Waals surface area (Å²) in [6.07, 6.45) is 1.45. The van der Waals surface area contributed by atoms with Gasteiger partial charge in [0.05, 0.1) is 8.07 Å². The van der Waals surface area contributed by atoms with Gasteiger partial charge in [0.15, 0.2) is 11.6 Å². The van der Waals surface area contributed by atoms with E-state index in [9.17, 15) is 9.59 Å². The number of hydrogen-bond acceptors (Lipinski definition) is 2. The summed E-state index contributed by atoms with van der Waals surface area (Å²) in [6, 6.07) is 18.0. The second kappa shape index (κ2) is 7.36. The molecule has 122 valence electrons. The van der Waals surface area contributed by atoms with E-state index in [-0.39, 0.29) is 11.6 Å². The number of carbonyl (C=O) groups is 2. The molecule has 2 nitrogen and oxygen atoms in total. The van der Waals surface area contributed by atoms with Crippen molar-refractivity contribution in [2.24, 2.45) is 0 Å². The fourth-order valence-corrected chi connectivity index (χ4v) is 3.25. The molecular weight excluding hydrogens is 312 g/mol. The van der Waals surface area contributed by atoms with Crippen LogP contribution < -0.4 is 0 Å². The maximum absolute atomic E-state index is 12.9. The van der Waals surface area contributed by atoms with Crippen LogP contribution >= 0.6 is 0 Å². The number of allylic oxidation sites excluding steroid dienone is 3. The Morgan fingerprint density at radius 1 is 0.833 bits per heavy atom. The van der Waals surface area contributed by atoms with E-state index in [0.29, 0.717) is 16.7 Å². The molecule has 0 aliphatic heterocycles. The van der Waals surface area contributed by atoms with E-state index in [1.165, 1.54) is 6.08 Å². The van der Waals surface area contributed by atoms with Crippen LogP contribution in [-0.4, -0.2) is 19.6 Å². The third-order valence-electron chi connectivity index (χ3n) is 3.84. The van der Waals surface area contributed by atoms with Gasteiger partial charge in [0, 0.05) is 16.7 Å². The summed E-state index contributed by atoms with van der Waals surface area (Å²) >= 11 is 0. The lowest BCUT2D eigenvalue weighted by Crippen LogP contribution is -2.27. The first kappa shape index (κ1) is 17.8. The molecule has 0 spiro atoms. The summed E-state index contributed by atoms with van der Waals surface area (Å²) in [5.74, 6) is -0.318. The minimum atomic E-state index is -1.82. The zero-order valence-corrected chi connectivity index (χ0v) is 15.4. The Kier molecular flexibility index (Phi) is 5.47. The molecule has 0 N–H and O–H groups in total. The van der Waals surface area contributed by atoms with Gasteiger partial charge in [-0.25, -0.2) is 0 Å². The topological polar surface area (TPSA) is 34.1 Å². The number of benzene rings is 2. The number of hydrogen-bond donors (Lipinski definition) is 0. The molecule has 0 amide bonds. The van der Waals surface area contributed by atoms with Crippen molar-refractivity contribution in [3.05, 3.63) is 95.2 Å². The standard InChI is InChI=1S/C21H22O2Si/c1-16(24(2,3)4)19(21(23)18-13-9-6-10-14-18)15-20(22)17-11-7-5-8-12-17/h5-15H,1H2,2-4H3/b19-15-. The summed E-state index contributed by atoms with van der Waals surface area (Å²) in [5, 5.41) is 0.792. The first-order valence-electron chi connectivity index (χ1n) is 7.91. The number of carbonyl (C=O) groups excluding carboxylic acids is 2. The normalized spacial score (nSPS) is 11.9. The Morgan fingerprint density at radius 3 is 1.75 bits per heavy atom. The third-order valence-corrected chi connectivity index (χ3v) is 5.92. The lowest BCUT2D eigenvalue weighted by Gasteiger charge is -2.21. The predicted molar refractivity (Wildman–Crippen MR) is 102 cm³/mol. The zero-order valence-electron chi connectivity index (χ0n) is 14.4. The van der Waals surface area contributed by atoms with Gasteiger partial charge in [-0.15, -0.1) is 0 Å². The smallest absolute Gasteiger partial charge is 0.193 e. The summed E-state index contributed by atoms with van der Waals surface area (Å²) in [4.78, 5) is 25.5. The van der Waals surface area contributed by atoms with E-state index in [1.807, 2.05) is 36.4 Å². The van der Waals surface area contributed by atoms with E-state index in [0.717, 1.165) is 5.20 Å². The third kappa shape index (κ3) is 4.27. The van der Waals surface area contributed by atoms with Crippen LogP contribution in [0.25, 0.3) is 0 Å². The summed E-state index contributed by atoms with van der Waals surface area (Å²) in [7, 11) is -1.82. The van der Waals surface area contributed by atoms with Gasteiger partial charge in [0.1, 0.15) is 0 Å². The van der Waals surface area contributed by atoms with Crippen LogP contribution in [0.4, 0.5) is 0 Å². The fourth-order valence-electron chi connectivity index (χ4n) is 2.26. The van der Waals surface area contributed by atoms with Crippen molar-refractivity contribution in [3.63, 3.8) is 0 Å².